The molecule has 0 radical (unpaired) electrons. The highest BCUT2D eigenvalue weighted by molar-refractivity contribution is 5.59. The molecule has 1 N–H and O–H groups in total. The molecule has 0 bridgehead atoms. The Morgan fingerprint density at radius 2 is 2.06 bits per heavy atom. The quantitative estimate of drug-likeness (QED) is 0.815. The van der Waals surface area contributed by atoms with Crippen molar-refractivity contribution >= 4 is 0 Å². The minimum Gasteiger partial charge on any atom is -0.311 e. The predicted molar refractivity (Wildman–Crippen MR) is 63.9 cm³/mol. The fourth-order valence-corrected chi connectivity index (χ4v) is 2.12. The van der Waals surface area contributed by atoms with Crippen molar-refractivity contribution in [3.8, 4) is 11.3 Å². The number of halogens is 1. The molecule has 1 aliphatic heterocycles. The predicted octanol–water partition coefficient (Wildman–Crippen LogP) is 2.18. The third-order valence-electron chi connectivity index (χ3n) is 3.03. The van der Waals surface area contributed by atoms with Crippen LogP contribution in [0.1, 0.15) is 12.1 Å². The highest BCUT2D eigenvalue weighted by Crippen LogP contribution is 2.20. The van der Waals surface area contributed by atoms with Crippen LogP contribution < -0.4 is 5.32 Å². The summed E-state index contributed by atoms with van der Waals surface area (Å²) in [5, 5.41) is 7.92. The number of nitrogens with zero attached hydrogens (tertiary/aromatic N) is 2. The maximum Gasteiger partial charge on any atom is 0.123 e. The molecule has 1 aliphatic rings. The molecule has 0 unspecified atom stereocenters. The summed E-state index contributed by atoms with van der Waals surface area (Å²) in [5.74, 6) is -0.212. The van der Waals surface area contributed by atoms with Crippen molar-refractivity contribution in [1.82, 2.24) is 15.1 Å². The van der Waals surface area contributed by atoms with Crippen molar-refractivity contribution in [3.63, 3.8) is 0 Å². The summed E-state index contributed by atoms with van der Waals surface area (Å²) in [5.41, 5.74) is 3.08. The SMILES string of the molecule is Fc1ccc(-c2cc3n(n2)CCCNC3)cc1. The number of nitrogens with one attached hydrogen (secondary N) is 1. The standard InChI is InChI=1S/C13H14FN3/c14-11-4-2-10(3-5-11)13-8-12-9-15-6-1-7-17(12)16-13/h2-5,8,15H,1,6-7,9H2. The molecule has 17 heavy (non-hydrogen) atoms. The molecular formula is C13H14FN3. The van der Waals surface area contributed by atoms with Gasteiger partial charge in [0.15, 0.2) is 0 Å². The molecule has 0 saturated heterocycles. The average molecular weight is 231 g/mol. The fourth-order valence-electron chi connectivity index (χ4n) is 2.12. The third-order valence-corrected chi connectivity index (χ3v) is 3.03. The van der Waals surface area contributed by atoms with E-state index in [1.54, 1.807) is 12.1 Å². The van der Waals surface area contributed by atoms with Gasteiger partial charge in [-0.25, -0.2) is 4.39 Å². The van der Waals surface area contributed by atoms with Crippen LogP contribution in [0.15, 0.2) is 30.3 Å². The number of aromatic nitrogens is 2. The molecule has 0 aliphatic carbocycles. The molecule has 2 aromatic rings. The first-order chi connectivity index (χ1) is 8.33. The number of rotatable bonds is 1. The van der Waals surface area contributed by atoms with E-state index in [-0.39, 0.29) is 5.82 Å². The summed E-state index contributed by atoms with van der Waals surface area (Å²) in [6, 6.07) is 8.55. The van der Waals surface area contributed by atoms with Gasteiger partial charge in [-0.15, -0.1) is 0 Å². The van der Waals surface area contributed by atoms with Gasteiger partial charge >= 0.3 is 0 Å². The topological polar surface area (TPSA) is 29.9 Å². The van der Waals surface area contributed by atoms with Crippen LogP contribution in [-0.2, 0) is 13.1 Å². The number of fused-ring (bicyclic) bond motifs is 1. The molecule has 4 heteroatoms. The molecular weight excluding hydrogens is 217 g/mol. The van der Waals surface area contributed by atoms with Crippen molar-refractivity contribution in [2.24, 2.45) is 0 Å². The zero-order valence-electron chi connectivity index (χ0n) is 9.49. The Morgan fingerprint density at radius 1 is 1.24 bits per heavy atom. The van der Waals surface area contributed by atoms with Crippen LogP contribution in [0.5, 0.6) is 0 Å². The Bertz CT molecular complexity index is 492. The number of aryl methyl sites for hydroxylation is 1. The lowest BCUT2D eigenvalue weighted by Gasteiger charge is -1.99. The highest BCUT2D eigenvalue weighted by atomic mass is 19.1. The van der Waals surface area contributed by atoms with E-state index in [4.69, 9.17) is 0 Å². The van der Waals surface area contributed by atoms with E-state index in [0.29, 0.717) is 0 Å². The molecule has 1 aromatic heterocycles. The van der Waals surface area contributed by atoms with E-state index in [1.165, 1.54) is 17.8 Å². The van der Waals surface area contributed by atoms with E-state index in [0.717, 1.165) is 37.3 Å². The largest absolute Gasteiger partial charge is 0.311 e. The van der Waals surface area contributed by atoms with E-state index in [2.05, 4.69) is 16.5 Å². The molecule has 1 aromatic carbocycles. The van der Waals surface area contributed by atoms with Gasteiger partial charge in [0.05, 0.1) is 11.4 Å². The average Bonchev–Trinajstić information content (AvgIpc) is 2.62. The Kier molecular flexibility index (Phi) is 2.65. The second-order valence-electron chi connectivity index (χ2n) is 4.28. The highest BCUT2D eigenvalue weighted by Gasteiger charge is 2.11. The summed E-state index contributed by atoms with van der Waals surface area (Å²) in [6.07, 6.45) is 1.09. The lowest BCUT2D eigenvalue weighted by Crippen LogP contribution is -2.11. The maximum atomic E-state index is 12.8. The molecule has 0 spiro atoms. The van der Waals surface area contributed by atoms with Crippen molar-refractivity contribution in [2.75, 3.05) is 6.54 Å². The summed E-state index contributed by atoms with van der Waals surface area (Å²) in [4.78, 5) is 0. The third kappa shape index (κ3) is 2.08. The summed E-state index contributed by atoms with van der Waals surface area (Å²) in [6.45, 7) is 2.84. The van der Waals surface area contributed by atoms with Gasteiger partial charge in [-0.05, 0) is 43.3 Å². The Hall–Kier alpha value is -1.68. The van der Waals surface area contributed by atoms with Gasteiger partial charge in [0.25, 0.3) is 0 Å². The van der Waals surface area contributed by atoms with Crippen molar-refractivity contribution in [3.05, 3.63) is 41.8 Å². The summed E-state index contributed by atoms with van der Waals surface area (Å²) < 4.78 is 14.9. The summed E-state index contributed by atoms with van der Waals surface area (Å²) >= 11 is 0. The van der Waals surface area contributed by atoms with Gasteiger partial charge < -0.3 is 5.32 Å². The van der Waals surface area contributed by atoms with E-state index in [9.17, 15) is 4.39 Å². The van der Waals surface area contributed by atoms with Gasteiger partial charge in [-0.1, -0.05) is 0 Å². The van der Waals surface area contributed by atoms with E-state index >= 15 is 0 Å². The lowest BCUT2D eigenvalue weighted by atomic mass is 10.1. The minimum atomic E-state index is -0.212. The molecule has 0 atom stereocenters. The van der Waals surface area contributed by atoms with Gasteiger partial charge in [-0.2, -0.15) is 5.10 Å². The van der Waals surface area contributed by atoms with Crippen LogP contribution >= 0.6 is 0 Å². The van der Waals surface area contributed by atoms with Gasteiger partial charge in [-0.3, -0.25) is 4.68 Å². The first-order valence-electron chi connectivity index (χ1n) is 5.86. The normalized spacial score (nSPS) is 15.4. The zero-order chi connectivity index (χ0) is 11.7. The Morgan fingerprint density at radius 3 is 2.88 bits per heavy atom. The van der Waals surface area contributed by atoms with E-state index in [1.807, 2.05) is 4.68 Å². The van der Waals surface area contributed by atoms with Crippen molar-refractivity contribution in [2.45, 2.75) is 19.5 Å². The molecule has 0 amide bonds. The first kappa shape index (κ1) is 10.5. The van der Waals surface area contributed by atoms with E-state index < -0.39 is 0 Å². The van der Waals surface area contributed by atoms with Crippen LogP contribution in [-0.4, -0.2) is 16.3 Å². The number of benzene rings is 1. The van der Waals surface area contributed by atoms with Crippen LogP contribution in [0, 0.1) is 5.82 Å². The van der Waals surface area contributed by atoms with Gasteiger partial charge in [0.1, 0.15) is 5.82 Å². The monoisotopic (exact) mass is 231 g/mol. The molecule has 3 rings (SSSR count). The second kappa shape index (κ2) is 4.30. The van der Waals surface area contributed by atoms with Crippen LogP contribution in [0.4, 0.5) is 4.39 Å². The Labute approximate surface area is 99.3 Å². The van der Waals surface area contributed by atoms with Crippen molar-refractivity contribution in [1.29, 1.82) is 0 Å². The smallest absolute Gasteiger partial charge is 0.123 e. The Balaban J connectivity index is 1.96. The van der Waals surface area contributed by atoms with Gasteiger partial charge in [0.2, 0.25) is 0 Å². The van der Waals surface area contributed by atoms with Gasteiger partial charge in [0, 0.05) is 18.7 Å². The summed E-state index contributed by atoms with van der Waals surface area (Å²) in [7, 11) is 0. The van der Waals surface area contributed by atoms with Crippen molar-refractivity contribution < 1.29 is 4.39 Å². The molecule has 3 nitrogen and oxygen atoms in total. The molecule has 88 valence electrons. The van der Waals surface area contributed by atoms with Crippen LogP contribution in [0.25, 0.3) is 11.3 Å². The fraction of sp³-hybridized carbons (Fsp3) is 0.308. The number of hydrogen-bond donors (Lipinski definition) is 1. The number of hydrogen-bond acceptors (Lipinski definition) is 2. The maximum absolute atomic E-state index is 12.8. The first-order valence-corrected chi connectivity index (χ1v) is 5.86. The van der Waals surface area contributed by atoms with Crippen LogP contribution in [0.2, 0.25) is 0 Å². The van der Waals surface area contributed by atoms with Crippen LogP contribution in [0.3, 0.4) is 0 Å². The minimum absolute atomic E-state index is 0.212. The second-order valence-corrected chi connectivity index (χ2v) is 4.28. The molecule has 0 saturated carbocycles. The zero-order valence-corrected chi connectivity index (χ0v) is 9.49. The molecule has 2 heterocycles. The lowest BCUT2D eigenvalue weighted by molar-refractivity contribution is 0.589. The molecule has 0 fully saturated rings.